The monoisotopic (exact) mass is 392 g/mol. The number of aliphatic hydroxyl groups excluding tert-OH is 1. The second kappa shape index (κ2) is 8.70. The van der Waals surface area contributed by atoms with Crippen molar-refractivity contribution in [3.05, 3.63) is 59.3 Å². The first kappa shape index (κ1) is 19.6. The van der Waals surface area contributed by atoms with Gasteiger partial charge in [0.1, 0.15) is 11.6 Å². The number of pyridine rings is 1. The van der Waals surface area contributed by atoms with Crippen LogP contribution < -0.4 is 10.6 Å². The molecule has 3 N–H and O–H groups in total. The van der Waals surface area contributed by atoms with E-state index < -0.39 is 17.5 Å². The molecule has 1 aromatic carbocycles. The summed E-state index contributed by atoms with van der Waals surface area (Å²) in [7, 11) is 0. The van der Waals surface area contributed by atoms with Crippen LogP contribution in [0, 0.1) is 17.5 Å². The van der Waals surface area contributed by atoms with Gasteiger partial charge in [-0.2, -0.15) is 4.98 Å². The number of aliphatic hydroxyl groups is 1. The van der Waals surface area contributed by atoms with Crippen molar-refractivity contribution in [1.29, 1.82) is 0 Å². The van der Waals surface area contributed by atoms with Crippen molar-refractivity contribution in [1.82, 2.24) is 19.7 Å². The van der Waals surface area contributed by atoms with Crippen molar-refractivity contribution < 1.29 is 18.3 Å². The van der Waals surface area contributed by atoms with E-state index in [9.17, 15) is 18.3 Å². The van der Waals surface area contributed by atoms with E-state index in [2.05, 4.69) is 25.7 Å². The van der Waals surface area contributed by atoms with Crippen LogP contribution in [-0.2, 0) is 13.0 Å². The molecule has 2 aromatic heterocycles. The van der Waals surface area contributed by atoms with Gasteiger partial charge in [0, 0.05) is 37.0 Å². The van der Waals surface area contributed by atoms with Gasteiger partial charge in [-0.15, -0.1) is 5.10 Å². The number of anilines is 3. The Hall–Kier alpha value is -3.14. The molecular weight excluding hydrogens is 373 g/mol. The maximum Gasteiger partial charge on any atom is 0.246 e. The lowest BCUT2D eigenvalue weighted by molar-refractivity contribution is 0.267. The number of benzene rings is 1. The highest BCUT2D eigenvalue weighted by molar-refractivity contribution is 5.53. The molecule has 148 valence electrons. The van der Waals surface area contributed by atoms with Gasteiger partial charge >= 0.3 is 0 Å². The minimum absolute atomic E-state index is 0.0255. The zero-order valence-corrected chi connectivity index (χ0v) is 15.1. The van der Waals surface area contributed by atoms with Crippen molar-refractivity contribution in [3.63, 3.8) is 0 Å². The fourth-order valence-corrected chi connectivity index (χ4v) is 2.63. The molecule has 0 aliphatic heterocycles. The number of hydrogen-bond donors (Lipinski definition) is 3. The van der Waals surface area contributed by atoms with Crippen LogP contribution in [0.5, 0.6) is 0 Å². The quantitative estimate of drug-likeness (QED) is 0.511. The highest BCUT2D eigenvalue weighted by Crippen LogP contribution is 2.21. The summed E-state index contributed by atoms with van der Waals surface area (Å²) >= 11 is 0. The maximum atomic E-state index is 13.4. The Kier molecular flexibility index (Phi) is 6.09. The van der Waals surface area contributed by atoms with Gasteiger partial charge in [0.2, 0.25) is 5.95 Å². The first-order chi connectivity index (χ1) is 13.5. The van der Waals surface area contributed by atoms with E-state index in [0.717, 1.165) is 30.1 Å². The molecule has 0 saturated heterocycles. The van der Waals surface area contributed by atoms with Gasteiger partial charge in [-0.05, 0) is 24.6 Å². The Balaban J connectivity index is 1.84. The predicted octanol–water partition coefficient (Wildman–Crippen LogP) is 2.85. The number of nitrogens with one attached hydrogen (secondary N) is 2. The Morgan fingerprint density at radius 2 is 1.89 bits per heavy atom. The number of halogens is 3. The van der Waals surface area contributed by atoms with Crippen molar-refractivity contribution in [2.45, 2.75) is 19.9 Å². The van der Waals surface area contributed by atoms with Gasteiger partial charge in [0.05, 0.1) is 13.2 Å². The standard InChI is InChI=1S/C18H19F3N6O/c1-2-22-15-7-11(3-4-23-15)8-16-25-18(26-27(16)5-6-28)24-12-9-13(19)17(21)14(20)10-12/h3-4,7,9-10,28H,2,5-6,8H2,1H3,(H,22,23)(H,24,26). The van der Waals surface area contributed by atoms with Crippen molar-refractivity contribution in [2.24, 2.45) is 0 Å². The number of nitrogens with zero attached hydrogens (tertiary/aromatic N) is 4. The summed E-state index contributed by atoms with van der Waals surface area (Å²) in [6, 6.07) is 5.34. The van der Waals surface area contributed by atoms with E-state index in [1.807, 2.05) is 19.1 Å². The molecule has 10 heteroatoms. The summed E-state index contributed by atoms with van der Waals surface area (Å²) in [5.74, 6) is -2.83. The van der Waals surface area contributed by atoms with Gasteiger partial charge in [0.15, 0.2) is 17.5 Å². The predicted molar refractivity (Wildman–Crippen MR) is 97.9 cm³/mol. The van der Waals surface area contributed by atoms with E-state index in [-0.39, 0.29) is 24.8 Å². The Bertz CT molecular complexity index is 939. The van der Waals surface area contributed by atoms with Crippen molar-refractivity contribution >= 4 is 17.5 Å². The highest BCUT2D eigenvalue weighted by atomic mass is 19.2. The van der Waals surface area contributed by atoms with E-state index in [4.69, 9.17) is 0 Å². The summed E-state index contributed by atoms with van der Waals surface area (Å²) in [6.45, 7) is 2.73. The molecular formula is C18H19F3N6O. The Morgan fingerprint density at radius 1 is 1.14 bits per heavy atom. The molecule has 0 saturated carbocycles. The fourth-order valence-electron chi connectivity index (χ4n) is 2.63. The number of aromatic nitrogens is 4. The van der Waals surface area contributed by atoms with Crippen LogP contribution in [0.3, 0.4) is 0 Å². The van der Waals surface area contributed by atoms with Gasteiger partial charge < -0.3 is 15.7 Å². The van der Waals surface area contributed by atoms with Gasteiger partial charge in [0.25, 0.3) is 0 Å². The Labute approximate surface area is 159 Å². The molecule has 0 unspecified atom stereocenters. The van der Waals surface area contributed by atoms with Crippen LogP contribution in [-0.4, -0.2) is 38.0 Å². The molecule has 28 heavy (non-hydrogen) atoms. The molecule has 3 rings (SSSR count). The third-order valence-electron chi connectivity index (χ3n) is 3.84. The first-order valence-electron chi connectivity index (χ1n) is 8.65. The molecule has 0 bridgehead atoms. The van der Waals surface area contributed by atoms with Gasteiger partial charge in [-0.1, -0.05) is 0 Å². The molecule has 0 atom stereocenters. The van der Waals surface area contributed by atoms with E-state index >= 15 is 0 Å². The number of rotatable bonds is 8. The van der Waals surface area contributed by atoms with Crippen LogP contribution in [0.15, 0.2) is 30.5 Å². The van der Waals surface area contributed by atoms with Crippen LogP contribution in [0.2, 0.25) is 0 Å². The van der Waals surface area contributed by atoms with Crippen LogP contribution in [0.4, 0.5) is 30.6 Å². The molecule has 0 spiro atoms. The lowest BCUT2D eigenvalue weighted by Gasteiger charge is -2.06. The Morgan fingerprint density at radius 3 is 2.57 bits per heavy atom. The van der Waals surface area contributed by atoms with Gasteiger partial charge in [-0.25, -0.2) is 22.8 Å². The molecule has 2 heterocycles. The first-order valence-corrected chi connectivity index (χ1v) is 8.65. The van der Waals surface area contributed by atoms with E-state index in [1.165, 1.54) is 4.68 Å². The zero-order chi connectivity index (χ0) is 20.1. The molecule has 7 nitrogen and oxygen atoms in total. The highest BCUT2D eigenvalue weighted by Gasteiger charge is 2.14. The van der Waals surface area contributed by atoms with Gasteiger partial charge in [-0.3, -0.25) is 0 Å². The molecule has 0 radical (unpaired) electrons. The maximum absolute atomic E-state index is 13.4. The fraction of sp³-hybridized carbons (Fsp3) is 0.278. The second-order valence-corrected chi connectivity index (χ2v) is 5.93. The summed E-state index contributed by atoms with van der Waals surface area (Å²) in [5, 5.41) is 19.2. The van der Waals surface area contributed by atoms with Crippen LogP contribution in [0.1, 0.15) is 18.3 Å². The molecule has 0 aliphatic carbocycles. The number of hydrogen-bond acceptors (Lipinski definition) is 6. The summed E-state index contributed by atoms with van der Waals surface area (Å²) < 4.78 is 41.4. The minimum atomic E-state index is -1.54. The summed E-state index contributed by atoms with van der Waals surface area (Å²) in [4.78, 5) is 8.53. The average molecular weight is 392 g/mol. The lowest BCUT2D eigenvalue weighted by atomic mass is 10.2. The molecule has 0 aliphatic rings. The molecule has 0 amide bonds. The SMILES string of the molecule is CCNc1cc(Cc2nc(Nc3cc(F)c(F)c(F)c3)nn2CCO)ccn1. The minimum Gasteiger partial charge on any atom is -0.394 e. The lowest BCUT2D eigenvalue weighted by Crippen LogP contribution is -2.09. The van der Waals surface area contributed by atoms with E-state index in [0.29, 0.717) is 12.2 Å². The summed E-state index contributed by atoms with van der Waals surface area (Å²) in [6.07, 6.45) is 2.07. The third-order valence-corrected chi connectivity index (χ3v) is 3.84. The average Bonchev–Trinajstić information content (AvgIpc) is 3.01. The summed E-state index contributed by atoms with van der Waals surface area (Å²) in [5.41, 5.74) is 0.894. The van der Waals surface area contributed by atoms with Crippen LogP contribution >= 0.6 is 0 Å². The van der Waals surface area contributed by atoms with Crippen molar-refractivity contribution in [3.8, 4) is 0 Å². The normalized spacial score (nSPS) is 10.9. The third kappa shape index (κ3) is 4.58. The van der Waals surface area contributed by atoms with Crippen molar-refractivity contribution in [2.75, 3.05) is 23.8 Å². The van der Waals surface area contributed by atoms with E-state index in [1.54, 1.807) is 6.20 Å². The second-order valence-electron chi connectivity index (χ2n) is 5.93. The molecule has 0 fully saturated rings. The zero-order valence-electron chi connectivity index (χ0n) is 15.1. The molecule has 3 aromatic rings. The largest absolute Gasteiger partial charge is 0.394 e. The van der Waals surface area contributed by atoms with Crippen LogP contribution in [0.25, 0.3) is 0 Å². The smallest absolute Gasteiger partial charge is 0.246 e. The topological polar surface area (TPSA) is 87.9 Å².